The second kappa shape index (κ2) is 5.21. The highest BCUT2D eigenvalue weighted by molar-refractivity contribution is 6.30. The van der Waals surface area contributed by atoms with Crippen molar-refractivity contribution in [1.82, 2.24) is 9.97 Å². The Bertz CT molecular complexity index is 400. The molecular weight excluding hydrogens is 234 g/mol. The SMILES string of the molecule is Cc1c(Cl)nc(C2CC2)nc1NCCC(C)C. The molecule has 4 heteroatoms. The van der Waals surface area contributed by atoms with Gasteiger partial charge in [0.1, 0.15) is 16.8 Å². The molecule has 1 N–H and O–H groups in total. The third-order valence-corrected chi connectivity index (χ3v) is 3.43. The van der Waals surface area contributed by atoms with Crippen molar-refractivity contribution in [3.63, 3.8) is 0 Å². The number of hydrogen-bond acceptors (Lipinski definition) is 3. The Balaban J connectivity index is 2.08. The molecule has 0 bridgehead atoms. The lowest BCUT2D eigenvalue weighted by molar-refractivity contribution is 0.606. The molecule has 3 nitrogen and oxygen atoms in total. The van der Waals surface area contributed by atoms with Crippen LogP contribution in [0.1, 0.15) is 50.4 Å². The maximum absolute atomic E-state index is 6.14. The maximum Gasteiger partial charge on any atom is 0.137 e. The van der Waals surface area contributed by atoms with Crippen LogP contribution in [0.4, 0.5) is 5.82 Å². The monoisotopic (exact) mass is 253 g/mol. The molecule has 1 aliphatic rings. The van der Waals surface area contributed by atoms with E-state index in [9.17, 15) is 0 Å². The second-order valence-corrected chi connectivity index (χ2v) is 5.59. The van der Waals surface area contributed by atoms with E-state index < -0.39 is 0 Å². The Morgan fingerprint density at radius 2 is 2.06 bits per heavy atom. The number of nitrogens with zero attached hydrogens (tertiary/aromatic N) is 2. The van der Waals surface area contributed by atoms with E-state index in [4.69, 9.17) is 11.6 Å². The maximum atomic E-state index is 6.14. The van der Waals surface area contributed by atoms with Crippen molar-refractivity contribution >= 4 is 17.4 Å². The summed E-state index contributed by atoms with van der Waals surface area (Å²) in [6.45, 7) is 7.35. The predicted octanol–water partition coefficient (Wildman–Crippen LogP) is 3.77. The molecule has 94 valence electrons. The lowest BCUT2D eigenvalue weighted by atomic mass is 10.1. The first-order chi connectivity index (χ1) is 8.08. The summed E-state index contributed by atoms with van der Waals surface area (Å²) in [5, 5.41) is 3.96. The first-order valence-corrected chi connectivity index (χ1v) is 6.73. The van der Waals surface area contributed by atoms with Gasteiger partial charge in [-0.2, -0.15) is 0 Å². The van der Waals surface area contributed by atoms with Gasteiger partial charge in [0.05, 0.1) is 0 Å². The number of anilines is 1. The Labute approximate surface area is 108 Å². The summed E-state index contributed by atoms with van der Waals surface area (Å²) in [7, 11) is 0. The predicted molar refractivity (Wildman–Crippen MR) is 71.7 cm³/mol. The van der Waals surface area contributed by atoms with Crippen LogP contribution in [0.2, 0.25) is 5.15 Å². The first kappa shape index (κ1) is 12.6. The number of aromatic nitrogens is 2. The lowest BCUT2D eigenvalue weighted by Gasteiger charge is -2.12. The van der Waals surface area contributed by atoms with Gasteiger partial charge >= 0.3 is 0 Å². The van der Waals surface area contributed by atoms with Crippen molar-refractivity contribution in [1.29, 1.82) is 0 Å². The molecule has 2 rings (SSSR count). The van der Waals surface area contributed by atoms with Gasteiger partial charge in [-0.1, -0.05) is 25.4 Å². The van der Waals surface area contributed by atoms with Gasteiger partial charge in [-0.3, -0.25) is 0 Å². The second-order valence-electron chi connectivity index (χ2n) is 5.23. The zero-order chi connectivity index (χ0) is 12.4. The third-order valence-electron chi connectivity index (χ3n) is 3.06. The van der Waals surface area contributed by atoms with Crippen molar-refractivity contribution in [2.75, 3.05) is 11.9 Å². The standard InChI is InChI=1S/C13H20ClN3/c1-8(2)6-7-15-12-9(3)11(14)16-13(17-12)10-4-5-10/h8,10H,4-7H2,1-3H3,(H,15,16,17). The summed E-state index contributed by atoms with van der Waals surface area (Å²) in [6, 6.07) is 0. The minimum atomic E-state index is 0.541. The van der Waals surface area contributed by atoms with Crippen LogP contribution in [0.5, 0.6) is 0 Å². The minimum Gasteiger partial charge on any atom is -0.370 e. The normalized spacial score (nSPS) is 15.4. The highest BCUT2D eigenvalue weighted by Crippen LogP contribution is 2.39. The lowest BCUT2D eigenvalue weighted by Crippen LogP contribution is -2.10. The van der Waals surface area contributed by atoms with Crippen LogP contribution in [0.3, 0.4) is 0 Å². The highest BCUT2D eigenvalue weighted by Gasteiger charge is 2.27. The summed E-state index contributed by atoms with van der Waals surface area (Å²) in [5.41, 5.74) is 0.958. The Hall–Kier alpha value is -0.830. The van der Waals surface area contributed by atoms with E-state index in [1.165, 1.54) is 12.8 Å². The fourth-order valence-corrected chi connectivity index (χ4v) is 1.86. The van der Waals surface area contributed by atoms with Crippen molar-refractivity contribution in [3.8, 4) is 0 Å². The average molecular weight is 254 g/mol. The van der Waals surface area contributed by atoms with E-state index in [1.54, 1.807) is 0 Å². The number of nitrogens with one attached hydrogen (secondary N) is 1. The molecule has 1 fully saturated rings. The van der Waals surface area contributed by atoms with Gasteiger partial charge in [-0.15, -0.1) is 0 Å². The Morgan fingerprint density at radius 3 is 2.65 bits per heavy atom. The molecule has 0 saturated heterocycles. The van der Waals surface area contributed by atoms with Gasteiger partial charge in [0.2, 0.25) is 0 Å². The van der Waals surface area contributed by atoms with Crippen LogP contribution < -0.4 is 5.32 Å². The molecule has 1 aromatic rings. The zero-order valence-electron chi connectivity index (χ0n) is 10.8. The molecule has 1 heterocycles. The molecule has 0 spiro atoms. The summed E-state index contributed by atoms with van der Waals surface area (Å²) >= 11 is 6.14. The molecule has 1 aliphatic carbocycles. The zero-order valence-corrected chi connectivity index (χ0v) is 11.5. The smallest absolute Gasteiger partial charge is 0.137 e. The van der Waals surface area contributed by atoms with Crippen LogP contribution >= 0.6 is 11.6 Å². The number of hydrogen-bond donors (Lipinski definition) is 1. The van der Waals surface area contributed by atoms with E-state index >= 15 is 0 Å². The van der Waals surface area contributed by atoms with Crippen LogP contribution in [0, 0.1) is 12.8 Å². The van der Waals surface area contributed by atoms with Gasteiger partial charge in [0.15, 0.2) is 0 Å². The van der Waals surface area contributed by atoms with E-state index in [-0.39, 0.29) is 0 Å². The molecular formula is C13H20ClN3. The van der Waals surface area contributed by atoms with Crippen LogP contribution in [0.25, 0.3) is 0 Å². The molecule has 0 atom stereocenters. The molecule has 0 unspecified atom stereocenters. The number of rotatable bonds is 5. The topological polar surface area (TPSA) is 37.8 Å². The molecule has 1 saturated carbocycles. The van der Waals surface area contributed by atoms with Crippen LogP contribution in [-0.2, 0) is 0 Å². The van der Waals surface area contributed by atoms with Crippen molar-refractivity contribution in [3.05, 3.63) is 16.5 Å². The van der Waals surface area contributed by atoms with Crippen LogP contribution in [-0.4, -0.2) is 16.5 Å². The van der Waals surface area contributed by atoms with Crippen LogP contribution in [0.15, 0.2) is 0 Å². The summed E-state index contributed by atoms with van der Waals surface area (Å²) in [4.78, 5) is 8.94. The van der Waals surface area contributed by atoms with Gasteiger partial charge in [0.25, 0.3) is 0 Å². The van der Waals surface area contributed by atoms with Crippen molar-refractivity contribution in [2.45, 2.75) is 46.0 Å². The molecule has 0 aliphatic heterocycles. The Kier molecular flexibility index (Phi) is 3.87. The van der Waals surface area contributed by atoms with Gasteiger partial charge in [-0.05, 0) is 32.1 Å². The molecule has 0 aromatic carbocycles. The quantitative estimate of drug-likeness (QED) is 0.812. The van der Waals surface area contributed by atoms with Gasteiger partial charge < -0.3 is 5.32 Å². The fourth-order valence-electron chi connectivity index (χ4n) is 1.68. The largest absolute Gasteiger partial charge is 0.370 e. The first-order valence-electron chi connectivity index (χ1n) is 6.36. The van der Waals surface area contributed by atoms with E-state index in [0.717, 1.165) is 30.2 Å². The number of halogens is 1. The van der Waals surface area contributed by atoms with Crippen molar-refractivity contribution < 1.29 is 0 Å². The average Bonchev–Trinajstić information content (AvgIpc) is 3.07. The Morgan fingerprint density at radius 1 is 1.35 bits per heavy atom. The molecule has 0 amide bonds. The van der Waals surface area contributed by atoms with Crippen molar-refractivity contribution in [2.24, 2.45) is 5.92 Å². The summed E-state index contributed by atoms with van der Waals surface area (Å²) < 4.78 is 0. The van der Waals surface area contributed by atoms with Gasteiger partial charge in [-0.25, -0.2) is 9.97 Å². The highest BCUT2D eigenvalue weighted by atomic mass is 35.5. The summed E-state index contributed by atoms with van der Waals surface area (Å²) in [5.74, 6) is 3.06. The third kappa shape index (κ3) is 3.32. The minimum absolute atomic E-state index is 0.541. The van der Waals surface area contributed by atoms with E-state index in [0.29, 0.717) is 17.0 Å². The molecule has 1 aromatic heterocycles. The van der Waals surface area contributed by atoms with E-state index in [1.807, 2.05) is 6.92 Å². The molecule has 0 radical (unpaired) electrons. The van der Waals surface area contributed by atoms with E-state index in [2.05, 4.69) is 29.1 Å². The fraction of sp³-hybridized carbons (Fsp3) is 0.692. The van der Waals surface area contributed by atoms with Gasteiger partial charge in [0, 0.05) is 18.0 Å². The summed E-state index contributed by atoms with van der Waals surface area (Å²) in [6.07, 6.45) is 3.54. The molecule has 17 heavy (non-hydrogen) atoms.